The Hall–Kier alpha value is -4.19. The fraction of sp³-hybridized carbons (Fsp3) is 0.241. The number of hydrogen-bond acceptors (Lipinski definition) is 7. The first-order valence-corrected chi connectivity index (χ1v) is 12.6. The molecule has 11 heteroatoms. The van der Waals surface area contributed by atoms with Crippen molar-refractivity contribution in [1.29, 1.82) is 0 Å². The second kappa shape index (κ2) is 11.5. The number of carbonyl (C=O) groups is 1. The summed E-state index contributed by atoms with van der Waals surface area (Å²) in [5.74, 6) is 0.0818. The third-order valence-corrected chi connectivity index (χ3v) is 6.58. The minimum absolute atomic E-state index is 0.0986. The molecule has 8 nitrogen and oxygen atoms in total. The van der Waals surface area contributed by atoms with Gasteiger partial charge in [-0.2, -0.15) is 13.2 Å². The highest BCUT2D eigenvalue weighted by atomic mass is 19.4. The maximum Gasteiger partial charge on any atom is 0.420 e. The van der Waals surface area contributed by atoms with Crippen LogP contribution >= 0.6 is 0 Å². The number of halogens is 3. The van der Waals surface area contributed by atoms with Gasteiger partial charge in [0.25, 0.3) is 0 Å². The molecule has 0 aliphatic carbocycles. The van der Waals surface area contributed by atoms with Crippen LogP contribution < -0.4 is 11.1 Å². The van der Waals surface area contributed by atoms with E-state index in [0.29, 0.717) is 54.4 Å². The fourth-order valence-electron chi connectivity index (χ4n) is 4.47. The predicted molar refractivity (Wildman–Crippen MR) is 144 cm³/mol. The topological polar surface area (TPSA) is 114 Å². The number of nitrogens with zero attached hydrogens (tertiary/aromatic N) is 2. The van der Waals surface area contributed by atoms with Crippen LogP contribution in [0.1, 0.15) is 28.7 Å². The van der Waals surface area contributed by atoms with Crippen LogP contribution in [0.4, 0.5) is 19.0 Å². The van der Waals surface area contributed by atoms with Gasteiger partial charge in [0, 0.05) is 30.7 Å². The van der Waals surface area contributed by atoms with Crippen LogP contribution in [-0.4, -0.2) is 47.2 Å². The molecular weight excluding hydrogens is 525 g/mol. The minimum atomic E-state index is -4.66. The molecule has 1 aliphatic rings. The molecule has 5 rings (SSSR count). The number of amides is 1. The summed E-state index contributed by atoms with van der Waals surface area (Å²) in [4.78, 5) is 18.0. The molecule has 4 aromatic rings. The highest BCUT2D eigenvalue weighted by Gasteiger charge is 2.35. The van der Waals surface area contributed by atoms with Gasteiger partial charge in [-0.3, -0.25) is 9.69 Å². The Balaban J connectivity index is 1.34. The molecule has 208 valence electrons. The van der Waals surface area contributed by atoms with E-state index in [0.717, 1.165) is 6.07 Å². The van der Waals surface area contributed by atoms with Gasteiger partial charge in [0.05, 0.1) is 25.3 Å². The second-order valence-corrected chi connectivity index (χ2v) is 9.36. The van der Waals surface area contributed by atoms with Crippen molar-refractivity contribution in [3.8, 4) is 11.1 Å². The average molecular weight is 553 g/mol. The molecule has 1 saturated heterocycles. The summed E-state index contributed by atoms with van der Waals surface area (Å²) in [6, 6.07) is 14.2. The number of fused-ring (bicyclic) bond motifs is 1. The largest absolute Gasteiger partial charge is 0.459 e. The quantitative estimate of drug-likeness (QED) is 0.284. The lowest BCUT2D eigenvalue weighted by molar-refractivity contribution is -0.136. The van der Waals surface area contributed by atoms with Crippen LogP contribution in [0, 0.1) is 0 Å². The van der Waals surface area contributed by atoms with Gasteiger partial charge in [-0.25, -0.2) is 4.98 Å². The number of pyridine rings is 1. The zero-order valence-corrected chi connectivity index (χ0v) is 21.3. The van der Waals surface area contributed by atoms with Crippen LogP contribution in [-0.2, 0) is 22.3 Å². The Labute approximate surface area is 227 Å². The molecule has 40 heavy (non-hydrogen) atoms. The number of nitrogens with one attached hydrogen (secondary N) is 1. The molecule has 3 heterocycles. The van der Waals surface area contributed by atoms with Crippen LogP contribution in [0.5, 0.6) is 0 Å². The number of aliphatic hydroxyl groups excluding tert-OH is 1. The summed E-state index contributed by atoms with van der Waals surface area (Å²) in [7, 11) is 0. The van der Waals surface area contributed by atoms with E-state index in [2.05, 4.69) is 10.3 Å². The van der Waals surface area contributed by atoms with Gasteiger partial charge in [0.2, 0.25) is 5.91 Å². The van der Waals surface area contributed by atoms with Gasteiger partial charge < -0.3 is 25.3 Å². The molecule has 0 saturated carbocycles. The lowest BCUT2D eigenvalue weighted by Crippen LogP contribution is -2.38. The van der Waals surface area contributed by atoms with Crippen molar-refractivity contribution in [3.05, 3.63) is 89.3 Å². The number of anilines is 1. The number of nitrogens with two attached hydrogens (primary N) is 1. The van der Waals surface area contributed by atoms with Crippen molar-refractivity contribution in [3.63, 3.8) is 0 Å². The number of hydrogen-bond donors (Lipinski definition) is 3. The van der Waals surface area contributed by atoms with Crippen molar-refractivity contribution in [2.45, 2.75) is 18.9 Å². The van der Waals surface area contributed by atoms with Crippen molar-refractivity contribution >= 4 is 28.8 Å². The van der Waals surface area contributed by atoms with Crippen LogP contribution in [0.3, 0.4) is 0 Å². The molecule has 1 atom stereocenters. The molecule has 1 unspecified atom stereocenters. The van der Waals surface area contributed by atoms with E-state index in [-0.39, 0.29) is 23.3 Å². The maximum absolute atomic E-state index is 14.0. The van der Waals surface area contributed by atoms with E-state index >= 15 is 0 Å². The summed E-state index contributed by atoms with van der Waals surface area (Å²) < 4.78 is 52.8. The van der Waals surface area contributed by atoms with Gasteiger partial charge in [-0.1, -0.05) is 24.3 Å². The summed E-state index contributed by atoms with van der Waals surface area (Å²) in [6.07, 6.45) is -1.14. The number of alkyl halides is 3. The van der Waals surface area contributed by atoms with Crippen molar-refractivity contribution < 1.29 is 32.2 Å². The van der Waals surface area contributed by atoms with E-state index < -0.39 is 23.9 Å². The van der Waals surface area contributed by atoms with Crippen LogP contribution in [0.2, 0.25) is 0 Å². The van der Waals surface area contributed by atoms with E-state index in [1.165, 1.54) is 18.3 Å². The highest BCUT2D eigenvalue weighted by molar-refractivity contribution is 5.92. The van der Waals surface area contributed by atoms with E-state index in [9.17, 15) is 23.1 Å². The molecule has 4 N–H and O–H groups in total. The first kappa shape index (κ1) is 27.4. The molecule has 1 amide bonds. The number of carbonyl (C=O) groups excluding carboxylic acids is 1. The van der Waals surface area contributed by atoms with Crippen LogP contribution in [0.25, 0.3) is 28.2 Å². The molecule has 1 aliphatic heterocycles. The van der Waals surface area contributed by atoms with Crippen molar-refractivity contribution in [2.75, 3.05) is 32.0 Å². The number of aromatic nitrogens is 1. The number of nitrogen functional groups attached to an aromatic ring is 1. The number of furan rings is 1. The van der Waals surface area contributed by atoms with Gasteiger partial charge in [-0.15, -0.1) is 0 Å². The zero-order valence-electron chi connectivity index (χ0n) is 21.3. The third-order valence-electron chi connectivity index (χ3n) is 6.58. The Morgan fingerprint density at radius 3 is 2.52 bits per heavy atom. The van der Waals surface area contributed by atoms with Gasteiger partial charge in [0.1, 0.15) is 23.4 Å². The van der Waals surface area contributed by atoms with E-state index in [1.54, 1.807) is 48.5 Å². The maximum atomic E-state index is 14.0. The number of rotatable bonds is 7. The number of morpholine rings is 1. The first-order valence-electron chi connectivity index (χ1n) is 12.6. The normalized spacial score (nSPS) is 15.5. The van der Waals surface area contributed by atoms with Gasteiger partial charge in [-0.05, 0) is 58.7 Å². The summed E-state index contributed by atoms with van der Waals surface area (Å²) in [6.45, 7) is 2.15. The van der Waals surface area contributed by atoms with E-state index in [1.807, 2.05) is 4.90 Å². The Kier molecular flexibility index (Phi) is 7.88. The number of aliphatic hydroxyl groups is 1. The average Bonchev–Trinajstić information content (AvgIpc) is 3.38. The fourth-order valence-corrected chi connectivity index (χ4v) is 4.47. The molecule has 0 spiro atoms. The predicted octanol–water partition coefficient (Wildman–Crippen LogP) is 4.75. The smallest absolute Gasteiger partial charge is 0.420 e. The Morgan fingerprint density at radius 2 is 1.85 bits per heavy atom. The third kappa shape index (κ3) is 6.33. The number of ether oxygens (including phenoxy) is 1. The summed E-state index contributed by atoms with van der Waals surface area (Å²) >= 11 is 0. The molecule has 0 bridgehead atoms. The SMILES string of the molecule is Nc1ccc(/C=C/C(=O)NCc2cc3cc(-c4ccc(C(O)N5CCOCC5)cc4)cc(C(F)(F)F)c3o2)cn1. The minimum Gasteiger partial charge on any atom is -0.459 e. The second-order valence-electron chi connectivity index (χ2n) is 9.36. The summed E-state index contributed by atoms with van der Waals surface area (Å²) in [5, 5.41) is 13.5. The standard InChI is InChI=1S/C29H27F3N4O4/c30-29(31,32)24-15-21(19-3-5-20(6-4-19)28(38)36-9-11-39-12-10-36)13-22-14-23(40-27(22)24)17-35-26(37)8-2-18-1-7-25(33)34-16-18/h1-8,13-16,28,38H,9-12,17H2,(H2,33,34)(H,35,37)/b8-2+. The van der Waals surface area contributed by atoms with Gasteiger partial charge in [0.15, 0.2) is 0 Å². The molecule has 1 fully saturated rings. The molecular formula is C29H27F3N4O4. The summed E-state index contributed by atoms with van der Waals surface area (Å²) in [5.41, 5.74) is 6.55. The Morgan fingerprint density at radius 1 is 1.10 bits per heavy atom. The monoisotopic (exact) mass is 552 g/mol. The zero-order chi connectivity index (χ0) is 28.3. The van der Waals surface area contributed by atoms with Crippen molar-refractivity contribution in [2.24, 2.45) is 0 Å². The Bertz CT molecular complexity index is 1510. The molecule has 2 aromatic carbocycles. The molecule has 2 aromatic heterocycles. The molecule has 0 radical (unpaired) electrons. The lowest BCUT2D eigenvalue weighted by atomic mass is 9.99. The van der Waals surface area contributed by atoms with Crippen LogP contribution in [0.15, 0.2) is 71.3 Å². The van der Waals surface area contributed by atoms with E-state index in [4.69, 9.17) is 14.9 Å². The lowest BCUT2D eigenvalue weighted by Gasteiger charge is -2.31. The van der Waals surface area contributed by atoms with Gasteiger partial charge >= 0.3 is 6.18 Å². The first-order chi connectivity index (χ1) is 19.2. The van der Waals surface area contributed by atoms with Crippen molar-refractivity contribution in [1.82, 2.24) is 15.2 Å². The number of benzene rings is 2. The highest BCUT2D eigenvalue weighted by Crippen LogP contribution is 2.39.